The Balaban J connectivity index is 2.43. The number of nitrogens with one attached hydrogen (secondary N) is 1. The molecular formula is C9H11Br2NOS. The normalized spacial score (nSPS) is 12.5. The standard InChI is InChI=1S/C9H11Br2NOS/c1-6(3-10)4-12-9(13)7-2-8(11)14-5-7/h2,5-6H,3-4H2,1H3,(H,12,13). The maximum Gasteiger partial charge on any atom is 0.252 e. The van der Waals surface area contributed by atoms with Gasteiger partial charge in [-0.05, 0) is 27.9 Å². The van der Waals surface area contributed by atoms with Crippen LogP contribution in [-0.2, 0) is 0 Å². The molecule has 1 rings (SSSR count). The number of alkyl halides is 1. The maximum atomic E-state index is 11.5. The quantitative estimate of drug-likeness (QED) is 0.837. The van der Waals surface area contributed by atoms with Gasteiger partial charge in [0.15, 0.2) is 0 Å². The Morgan fingerprint density at radius 1 is 1.71 bits per heavy atom. The van der Waals surface area contributed by atoms with E-state index in [0.29, 0.717) is 12.5 Å². The lowest BCUT2D eigenvalue weighted by Crippen LogP contribution is -2.28. The van der Waals surface area contributed by atoms with Crippen LogP contribution in [0.25, 0.3) is 0 Å². The Labute approximate surface area is 104 Å². The molecule has 0 saturated carbocycles. The van der Waals surface area contributed by atoms with Crippen molar-refractivity contribution in [3.8, 4) is 0 Å². The van der Waals surface area contributed by atoms with E-state index in [0.717, 1.165) is 14.7 Å². The number of hydrogen-bond acceptors (Lipinski definition) is 2. The summed E-state index contributed by atoms with van der Waals surface area (Å²) in [6, 6.07) is 1.83. The first-order valence-electron chi connectivity index (χ1n) is 4.21. The number of carbonyl (C=O) groups is 1. The minimum atomic E-state index is -0.000231. The summed E-state index contributed by atoms with van der Waals surface area (Å²) >= 11 is 8.21. The summed E-state index contributed by atoms with van der Waals surface area (Å²) in [6.07, 6.45) is 0. The van der Waals surface area contributed by atoms with Crippen molar-refractivity contribution in [2.75, 3.05) is 11.9 Å². The largest absolute Gasteiger partial charge is 0.352 e. The molecule has 5 heteroatoms. The molecule has 1 amide bonds. The van der Waals surface area contributed by atoms with Gasteiger partial charge < -0.3 is 5.32 Å². The van der Waals surface area contributed by atoms with E-state index in [1.807, 2.05) is 11.4 Å². The van der Waals surface area contributed by atoms with E-state index >= 15 is 0 Å². The van der Waals surface area contributed by atoms with Crippen LogP contribution in [0.2, 0.25) is 0 Å². The van der Waals surface area contributed by atoms with Crippen LogP contribution in [0.3, 0.4) is 0 Å². The highest BCUT2D eigenvalue weighted by atomic mass is 79.9. The van der Waals surface area contributed by atoms with Crippen molar-refractivity contribution in [3.05, 3.63) is 20.8 Å². The van der Waals surface area contributed by atoms with Gasteiger partial charge >= 0.3 is 0 Å². The molecule has 1 heterocycles. The maximum absolute atomic E-state index is 11.5. The van der Waals surface area contributed by atoms with Crippen molar-refractivity contribution in [3.63, 3.8) is 0 Å². The zero-order valence-electron chi connectivity index (χ0n) is 7.72. The predicted octanol–water partition coefficient (Wildman–Crippen LogP) is 3.27. The molecule has 1 N–H and O–H groups in total. The predicted molar refractivity (Wildman–Crippen MR) is 67.3 cm³/mol. The highest BCUT2D eigenvalue weighted by Gasteiger charge is 2.08. The highest BCUT2D eigenvalue weighted by Crippen LogP contribution is 2.20. The first-order chi connectivity index (χ1) is 6.63. The molecule has 1 unspecified atom stereocenters. The third-order valence-electron chi connectivity index (χ3n) is 1.70. The van der Waals surface area contributed by atoms with Crippen LogP contribution < -0.4 is 5.32 Å². The Hall–Kier alpha value is 0.130. The fourth-order valence-electron chi connectivity index (χ4n) is 0.853. The summed E-state index contributed by atoms with van der Waals surface area (Å²) in [7, 11) is 0. The Bertz CT molecular complexity index is 314. The minimum Gasteiger partial charge on any atom is -0.352 e. The molecule has 1 atom stereocenters. The van der Waals surface area contributed by atoms with Gasteiger partial charge in [0.2, 0.25) is 0 Å². The molecule has 1 aromatic rings. The van der Waals surface area contributed by atoms with Crippen molar-refractivity contribution in [1.82, 2.24) is 5.32 Å². The second kappa shape index (κ2) is 5.88. The van der Waals surface area contributed by atoms with Crippen LogP contribution in [-0.4, -0.2) is 17.8 Å². The average Bonchev–Trinajstić information content (AvgIpc) is 2.60. The van der Waals surface area contributed by atoms with E-state index in [1.54, 1.807) is 0 Å². The molecule has 0 fully saturated rings. The molecule has 0 radical (unpaired) electrons. The van der Waals surface area contributed by atoms with E-state index in [-0.39, 0.29) is 5.91 Å². The highest BCUT2D eigenvalue weighted by molar-refractivity contribution is 9.11. The van der Waals surface area contributed by atoms with Gasteiger partial charge in [0.25, 0.3) is 5.91 Å². The minimum absolute atomic E-state index is 0.000231. The molecule has 0 aliphatic heterocycles. The first-order valence-corrected chi connectivity index (χ1v) is 7.01. The van der Waals surface area contributed by atoms with Crippen LogP contribution in [0.5, 0.6) is 0 Å². The number of amides is 1. The van der Waals surface area contributed by atoms with E-state index in [1.165, 1.54) is 11.3 Å². The van der Waals surface area contributed by atoms with Gasteiger partial charge in [-0.1, -0.05) is 22.9 Å². The van der Waals surface area contributed by atoms with E-state index in [2.05, 4.69) is 44.1 Å². The van der Waals surface area contributed by atoms with Crippen LogP contribution in [0, 0.1) is 5.92 Å². The van der Waals surface area contributed by atoms with Crippen molar-refractivity contribution in [1.29, 1.82) is 0 Å². The second-order valence-electron chi connectivity index (χ2n) is 3.11. The van der Waals surface area contributed by atoms with Crippen molar-refractivity contribution in [2.45, 2.75) is 6.92 Å². The number of hydrogen-bond donors (Lipinski definition) is 1. The molecule has 0 aromatic carbocycles. The SMILES string of the molecule is CC(CBr)CNC(=O)c1csc(Br)c1. The molecule has 2 nitrogen and oxygen atoms in total. The smallest absolute Gasteiger partial charge is 0.252 e. The van der Waals surface area contributed by atoms with Crippen LogP contribution in [0.1, 0.15) is 17.3 Å². The molecular weight excluding hydrogens is 330 g/mol. The van der Waals surface area contributed by atoms with Gasteiger partial charge in [-0.2, -0.15) is 0 Å². The van der Waals surface area contributed by atoms with Gasteiger partial charge in [-0.15, -0.1) is 11.3 Å². The van der Waals surface area contributed by atoms with Gasteiger partial charge in [0, 0.05) is 17.3 Å². The number of thiophene rings is 1. The Kier molecular flexibility index (Phi) is 5.12. The summed E-state index contributed by atoms with van der Waals surface area (Å²) < 4.78 is 0.983. The Morgan fingerprint density at radius 3 is 2.93 bits per heavy atom. The lowest BCUT2D eigenvalue weighted by molar-refractivity contribution is 0.0950. The third-order valence-corrected chi connectivity index (χ3v) is 4.31. The van der Waals surface area contributed by atoms with E-state index < -0.39 is 0 Å². The molecule has 78 valence electrons. The van der Waals surface area contributed by atoms with Crippen LogP contribution in [0.15, 0.2) is 15.2 Å². The van der Waals surface area contributed by atoms with Gasteiger partial charge in [-0.3, -0.25) is 4.79 Å². The average molecular weight is 341 g/mol. The Morgan fingerprint density at radius 2 is 2.43 bits per heavy atom. The van der Waals surface area contributed by atoms with Crippen molar-refractivity contribution < 1.29 is 4.79 Å². The summed E-state index contributed by atoms with van der Waals surface area (Å²) in [5, 5.41) is 5.63. The fraction of sp³-hybridized carbons (Fsp3) is 0.444. The zero-order valence-corrected chi connectivity index (χ0v) is 11.7. The van der Waals surface area contributed by atoms with Gasteiger partial charge in [-0.25, -0.2) is 0 Å². The summed E-state index contributed by atoms with van der Waals surface area (Å²) in [5.74, 6) is 0.459. The molecule has 0 spiro atoms. The fourth-order valence-corrected chi connectivity index (χ4v) is 2.22. The molecule has 0 aliphatic rings. The monoisotopic (exact) mass is 339 g/mol. The number of halogens is 2. The van der Waals surface area contributed by atoms with Gasteiger partial charge in [0.1, 0.15) is 0 Å². The lowest BCUT2D eigenvalue weighted by atomic mass is 10.2. The third kappa shape index (κ3) is 3.71. The summed E-state index contributed by atoms with van der Waals surface area (Å²) in [6.45, 7) is 2.79. The number of carbonyl (C=O) groups excluding carboxylic acids is 1. The summed E-state index contributed by atoms with van der Waals surface area (Å²) in [4.78, 5) is 11.5. The topological polar surface area (TPSA) is 29.1 Å². The van der Waals surface area contributed by atoms with Crippen LogP contribution >= 0.6 is 43.2 Å². The molecule has 0 aliphatic carbocycles. The second-order valence-corrected chi connectivity index (χ2v) is 6.05. The first kappa shape index (κ1) is 12.2. The molecule has 14 heavy (non-hydrogen) atoms. The van der Waals surface area contributed by atoms with Gasteiger partial charge in [0.05, 0.1) is 9.35 Å². The van der Waals surface area contributed by atoms with Crippen molar-refractivity contribution >= 4 is 49.1 Å². The zero-order chi connectivity index (χ0) is 10.6. The molecule has 0 bridgehead atoms. The van der Waals surface area contributed by atoms with E-state index in [9.17, 15) is 4.79 Å². The molecule has 0 saturated heterocycles. The van der Waals surface area contributed by atoms with Crippen LogP contribution in [0.4, 0.5) is 0 Å². The number of rotatable bonds is 4. The summed E-state index contributed by atoms with van der Waals surface area (Å²) in [5.41, 5.74) is 0.726. The lowest BCUT2D eigenvalue weighted by Gasteiger charge is -2.08. The molecule has 1 aromatic heterocycles. The van der Waals surface area contributed by atoms with E-state index in [4.69, 9.17) is 0 Å². The van der Waals surface area contributed by atoms with Crippen molar-refractivity contribution in [2.24, 2.45) is 5.92 Å².